The van der Waals surface area contributed by atoms with Crippen LogP contribution in [-0.4, -0.2) is 5.71 Å². The Bertz CT molecular complexity index is 350. The zero-order chi connectivity index (χ0) is 11.3. The quantitative estimate of drug-likeness (QED) is 0.635. The molecular weight excluding hydrogens is 182 g/mol. The molecule has 1 heteroatoms. The van der Waals surface area contributed by atoms with Gasteiger partial charge in [-0.25, -0.2) is 0 Å². The molecule has 0 unspecified atom stereocenters. The third kappa shape index (κ3) is 3.86. The topological polar surface area (TPSA) is 12.4 Å². The number of rotatable bonds is 4. The van der Waals surface area contributed by atoms with E-state index in [0.29, 0.717) is 0 Å². The fraction of sp³-hybridized carbons (Fsp3) is 0.500. The highest BCUT2D eigenvalue weighted by atomic mass is 14.7. The molecule has 0 spiro atoms. The molecule has 15 heavy (non-hydrogen) atoms. The summed E-state index contributed by atoms with van der Waals surface area (Å²) in [4.78, 5) is 4.65. The molecule has 0 saturated carbocycles. The first-order valence-electron chi connectivity index (χ1n) is 5.75. The summed E-state index contributed by atoms with van der Waals surface area (Å²) in [5.74, 6) is 0. The third-order valence-electron chi connectivity index (χ3n) is 2.56. The second-order valence-electron chi connectivity index (χ2n) is 4.24. The summed E-state index contributed by atoms with van der Waals surface area (Å²) in [5, 5.41) is 0. The van der Waals surface area contributed by atoms with Crippen LogP contribution >= 0.6 is 0 Å². The third-order valence-corrected chi connectivity index (χ3v) is 2.56. The fourth-order valence-electron chi connectivity index (χ4n) is 1.62. The Morgan fingerprint density at radius 2 is 2.00 bits per heavy atom. The fourth-order valence-corrected chi connectivity index (χ4v) is 1.62. The van der Waals surface area contributed by atoms with Crippen molar-refractivity contribution in [2.75, 3.05) is 0 Å². The summed E-state index contributed by atoms with van der Waals surface area (Å²) in [6.45, 7) is 8.57. The van der Waals surface area contributed by atoms with Crippen molar-refractivity contribution in [1.82, 2.24) is 0 Å². The predicted molar refractivity (Wildman–Crippen MR) is 68.2 cm³/mol. The lowest BCUT2D eigenvalue weighted by Gasteiger charge is -2.04. The Morgan fingerprint density at radius 3 is 2.60 bits per heavy atom. The maximum Gasteiger partial charge on any atom is 0.0658 e. The van der Waals surface area contributed by atoms with Crippen molar-refractivity contribution in [3.63, 3.8) is 0 Å². The van der Waals surface area contributed by atoms with Crippen LogP contribution in [0.25, 0.3) is 0 Å². The van der Waals surface area contributed by atoms with Gasteiger partial charge in [-0.1, -0.05) is 31.0 Å². The standard InChI is InChI=1S/C14H21N/c1-5-6-7-13(4)15-14-9-8-11(2)10-12(14)3/h8-10H,5-7H2,1-4H3. The van der Waals surface area contributed by atoms with E-state index in [1.807, 2.05) is 0 Å². The zero-order valence-corrected chi connectivity index (χ0v) is 10.3. The van der Waals surface area contributed by atoms with E-state index in [1.54, 1.807) is 0 Å². The van der Waals surface area contributed by atoms with E-state index < -0.39 is 0 Å². The molecule has 0 heterocycles. The highest BCUT2D eigenvalue weighted by molar-refractivity contribution is 5.84. The molecule has 0 aliphatic heterocycles. The Balaban J connectivity index is 2.78. The minimum Gasteiger partial charge on any atom is -0.258 e. The van der Waals surface area contributed by atoms with Gasteiger partial charge in [-0.3, -0.25) is 4.99 Å². The average Bonchev–Trinajstić information content (AvgIpc) is 2.19. The number of aryl methyl sites for hydroxylation is 2. The number of unbranched alkanes of at least 4 members (excludes halogenated alkanes) is 1. The van der Waals surface area contributed by atoms with Gasteiger partial charge in [0.25, 0.3) is 0 Å². The second-order valence-corrected chi connectivity index (χ2v) is 4.24. The maximum absolute atomic E-state index is 4.65. The van der Waals surface area contributed by atoms with Crippen molar-refractivity contribution in [2.45, 2.75) is 47.0 Å². The molecule has 0 saturated heterocycles. The van der Waals surface area contributed by atoms with Crippen LogP contribution in [-0.2, 0) is 0 Å². The van der Waals surface area contributed by atoms with Gasteiger partial charge >= 0.3 is 0 Å². The van der Waals surface area contributed by atoms with Crippen LogP contribution in [0.3, 0.4) is 0 Å². The molecule has 82 valence electrons. The SMILES string of the molecule is CCCCC(C)=Nc1ccc(C)cc1C. The van der Waals surface area contributed by atoms with Crippen molar-refractivity contribution in [3.8, 4) is 0 Å². The monoisotopic (exact) mass is 203 g/mol. The summed E-state index contributed by atoms with van der Waals surface area (Å²) in [5.41, 5.74) is 4.93. The van der Waals surface area contributed by atoms with Gasteiger partial charge in [-0.15, -0.1) is 0 Å². The van der Waals surface area contributed by atoms with Gasteiger partial charge in [0, 0.05) is 5.71 Å². The Hall–Kier alpha value is -1.11. The molecule has 1 aromatic carbocycles. The van der Waals surface area contributed by atoms with Gasteiger partial charge in [0.15, 0.2) is 0 Å². The van der Waals surface area contributed by atoms with Gasteiger partial charge in [-0.05, 0) is 45.2 Å². The molecule has 1 nitrogen and oxygen atoms in total. The van der Waals surface area contributed by atoms with E-state index in [0.717, 1.165) is 12.1 Å². The Morgan fingerprint density at radius 1 is 1.27 bits per heavy atom. The van der Waals surface area contributed by atoms with E-state index in [-0.39, 0.29) is 0 Å². The Labute approximate surface area is 93.2 Å². The van der Waals surface area contributed by atoms with Crippen molar-refractivity contribution in [2.24, 2.45) is 4.99 Å². The number of hydrogen-bond acceptors (Lipinski definition) is 1. The predicted octanol–water partition coefficient (Wildman–Crippen LogP) is 4.59. The second kappa shape index (κ2) is 5.69. The smallest absolute Gasteiger partial charge is 0.0658 e. The largest absolute Gasteiger partial charge is 0.258 e. The summed E-state index contributed by atoms with van der Waals surface area (Å²) >= 11 is 0. The van der Waals surface area contributed by atoms with E-state index in [9.17, 15) is 0 Å². The number of aliphatic imine (C=N–C) groups is 1. The summed E-state index contributed by atoms with van der Waals surface area (Å²) in [6, 6.07) is 6.42. The minimum absolute atomic E-state index is 1.11. The highest BCUT2D eigenvalue weighted by Gasteiger charge is 1.97. The molecule has 0 radical (unpaired) electrons. The normalized spacial score (nSPS) is 11.9. The minimum atomic E-state index is 1.11. The van der Waals surface area contributed by atoms with Crippen molar-refractivity contribution < 1.29 is 0 Å². The molecule has 0 N–H and O–H groups in total. The highest BCUT2D eigenvalue weighted by Crippen LogP contribution is 2.20. The first-order valence-corrected chi connectivity index (χ1v) is 5.75. The lowest BCUT2D eigenvalue weighted by Crippen LogP contribution is -1.90. The van der Waals surface area contributed by atoms with Gasteiger partial charge < -0.3 is 0 Å². The molecular formula is C14H21N. The van der Waals surface area contributed by atoms with Crippen LogP contribution in [0.4, 0.5) is 5.69 Å². The van der Waals surface area contributed by atoms with Crippen LogP contribution in [0.5, 0.6) is 0 Å². The van der Waals surface area contributed by atoms with E-state index in [2.05, 4.69) is 50.9 Å². The van der Waals surface area contributed by atoms with Crippen LogP contribution in [0.2, 0.25) is 0 Å². The molecule has 0 aromatic heterocycles. The lowest BCUT2D eigenvalue weighted by molar-refractivity contribution is 0.833. The molecule has 0 atom stereocenters. The van der Waals surface area contributed by atoms with Crippen molar-refractivity contribution in [3.05, 3.63) is 29.3 Å². The van der Waals surface area contributed by atoms with Crippen molar-refractivity contribution in [1.29, 1.82) is 0 Å². The molecule has 0 bridgehead atoms. The van der Waals surface area contributed by atoms with E-state index >= 15 is 0 Å². The van der Waals surface area contributed by atoms with Crippen LogP contribution in [0.1, 0.15) is 44.2 Å². The first-order chi connectivity index (χ1) is 7.13. The first kappa shape index (κ1) is 12.0. The van der Waals surface area contributed by atoms with Crippen LogP contribution in [0.15, 0.2) is 23.2 Å². The molecule has 1 rings (SSSR count). The van der Waals surface area contributed by atoms with Crippen LogP contribution in [0, 0.1) is 13.8 Å². The van der Waals surface area contributed by atoms with Gasteiger partial charge in [0.1, 0.15) is 0 Å². The Kier molecular flexibility index (Phi) is 4.54. The van der Waals surface area contributed by atoms with Gasteiger partial charge in [0.2, 0.25) is 0 Å². The number of benzene rings is 1. The molecule has 1 aromatic rings. The molecule has 0 fully saturated rings. The average molecular weight is 203 g/mol. The van der Waals surface area contributed by atoms with E-state index in [4.69, 9.17) is 0 Å². The molecule has 0 aliphatic carbocycles. The number of hydrogen-bond donors (Lipinski definition) is 0. The zero-order valence-electron chi connectivity index (χ0n) is 10.3. The maximum atomic E-state index is 4.65. The van der Waals surface area contributed by atoms with Crippen LogP contribution < -0.4 is 0 Å². The number of nitrogens with zero attached hydrogens (tertiary/aromatic N) is 1. The molecule has 0 amide bonds. The van der Waals surface area contributed by atoms with Gasteiger partial charge in [-0.2, -0.15) is 0 Å². The van der Waals surface area contributed by atoms with E-state index in [1.165, 1.54) is 29.7 Å². The molecule has 0 aliphatic rings. The van der Waals surface area contributed by atoms with Gasteiger partial charge in [0.05, 0.1) is 5.69 Å². The summed E-state index contributed by atoms with van der Waals surface area (Å²) in [6.07, 6.45) is 3.59. The lowest BCUT2D eigenvalue weighted by atomic mass is 10.1. The summed E-state index contributed by atoms with van der Waals surface area (Å²) in [7, 11) is 0. The summed E-state index contributed by atoms with van der Waals surface area (Å²) < 4.78 is 0. The van der Waals surface area contributed by atoms with Crippen molar-refractivity contribution >= 4 is 11.4 Å².